The number of hydrogen-bond acceptors (Lipinski definition) is 13. The van der Waals surface area contributed by atoms with Gasteiger partial charge in [0.15, 0.2) is 12.6 Å². The fraction of sp³-hybridized carbons (Fsp3) is 0.671. The molecule has 0 radical (unpaired) electrons. The Labute approximate surface area is 507 Å². The van der Waals surface area contributed by atoms with E-state index < -0.39 is 86.8 Å². The van der Waals surface area contributed by atoms with E-state index in [2.05, 4.69) is 141 Å². The van der Waals surface area contributed by atoms with Crippen LogP contribution in [0.15, 0.2) is 134 Å². The van der Waals surface area contributed by atoms with Crippen molar-refractivity contribution in [3.63, 3.8) is 0 Å². The van der Waals surface area contributed by atoms with Gasteiger partial charge in [0.2, 0.25) is 5.91 Å². The lowest BCUT2D eigenvalue weighted by molar-refractivity contribution is -0.359. The summed E-state index contributed by atoms with van der Waals surface area (Å²) < 4.78 is 22.8. The SMILES string of the molecule is CC/C=C\C/C=C\C/C=C\C/C=C\C/C=C\C/C=C\C/C=C\C/C=C\CCCCCCC(=O)NC(COC1OC(CO)C(OC2OC(CO)C(O)C(O)C2O)C(O)C1O)C(O)/C=C/CC/C=C/CC/C=C/CCCCCCCCCCCCC. The van der Waals surface area contributed by atoms with E-state index in [1.165, 1.54) is 70.6 Å². The van der Waals surface area contributed by atoms with Crippen molar-refractivity contribution in [2.45, 2.75) is 280 Å². The lowest BCUT2D eigenvalue weighted by Crippen LogP contribution is -2.65. The third kappa shape index (κ3) is 37.6. The molecule has 14 nitrogen and oxygen atoms in total. The summed E-state index contributed by atoms with van der Waals surface area (Å²) in [5, 5.41) is 87.2. The maximum atomic E-state index is 13.3. The summed E-state index contributed by atoms with van der Waals surface area (Å²) in [5.41, 5.74) is 0. The molecule has 2 aliphatic rings. The van der Waals surface area contributed by atoms with Gasteiger partial charge in [0.25, 0.3) is 0 Å². The lowest BCUT2D eigenvalue weighted by atomic mass is 9.97. The standard InChI is InChI=1S/C70H115NO13/c1-3-5-7-9-11-13-15-17-19-21-23-25-26-27-28-29-30-31-32-34-36-38-40-42-44-46-48-50-52-54-62(75)71-58(59(74)53-51-49-47-45-43-41-39-37-35-33-24-22-20-18-16-14-12-10-8-6-4-2)57-81-69-67(80)65(78)68(61(56-73)83-69)84-70-66(79)64(77)63(76)60(55-72)82-70/h5,7,11,13,17,19,23,25,27-28,30-31,34-37,40,42-43,45,51,53,58-61,63-70,72-74,76-80H,3-4,6,8-10,12,14-16,18,20-22,24,26,29,32-33,38-39,41,44,46-50,52,54-57H2,1-2H3,(H,71,75)/b7-5-,13-11-,19-17-,25-23-,28-27-,31-30-,36-34-,37-35+,42-40-,45-43+,53-51+. The Bertz CT molecular complexity index is 1920. The zero-order valence-corrected chi connectivity index (χ0v) is 51.6. The predicted molar refractivity (Wildman–Crippen MR) is 341 cm³/mol. The highest BCUT2D eigenvalue weighted by Gasteiger charge is 2.51. The predicted octanol–water partition coefficient (Wildman–Crippen LogP) is 12.3. The molecule has 0 aromatic carbocycles. The first-order valence-corrected chi connectivity index (χ1v) is 32.4. The second-order valence-electron chi connectivity index (χ2n) is 22.1. The average Bonchev–Trinajstić information content (AvgIpc) is 3.24. The van der Waals surface area contributed by atoms with Gasteiger partial charge < -0.3 is 65.1 Å². The van der Waals surface area contributed by atoms with Crippen molar-refractivity contribution in [2.75, 3.05) is 19.8 Å². The maximum Gasteiger partial charge on any atom is 0.220 e. The van der Waals surface area contributed by atoms with Crippen molar-refractivity contribution >= 4 is 5.91 Å². The zero-order valence-electron chi connectivity index (χ0n) is 51.6. The summed E-state index contributed by atoms with van der Waals surface area (Å²) in [5.74, 6) is -0.283. The van der Waals surface area contributed by atoms with Crippen molar-refractivity contribution in [1.82, 2.24) is 5.32 Å². The van der Waals surface area contributed by atoms with Crippen LogP contribution in [0, 0.1) is 0 Å². The molecule has 2 aliphatic heterocycles. The molecule has 2 fully saturated rings. The number of hydrogen-bond donors (Lipinski definition) is 9. The molecule has 0 aromatic rings. The Morgan fingerprint density at radius 2 is 0.833 bits per heavy atom. The highest BCUT2D eigenvalue weighted by molar-refractivity contribution is 5.76. The van der Waals surface area contributed by atoms with Gasteiger partial charge in [-0.05, 0) is 109 Å². The van der Waals surface area contributed by atoms with E-state index in [1.807, 2.05) is 6.08 Å². The summed E-state index contributed by atoms with van der Waals surface area (Å²) in [6.07, 6.45) is 62.0. The van der Waals surface area contributed by atoms with Crippen LogP contribution in [0.2, 0.25) is 0 Å². The highest BCUT2D eigenvalue weighted by Crippen LogP contribution is 2.30. The fourth-order valence-corrected chi connectivity index (χ4v) is 9.63. The van der Waals surface area contributed by atoms with Gasteiger partial charge in [-0.3, -0.25) is 4.79 Å². The van der Waals surface area contributed by atoms with Crippen molar-refractivity contribution in [3.8, 4) is 0 Å². The van der Waals surface area contributed by atoms with E-state index in [4.69, 9.17) is 18.9 Å². The van der Waals surface area contributed by atoms with E-state index in [-0.39, 0.29) is 18.9 Å². The molecule has 2 rings (SSSR count). The molecule has 2 saturated heterocycles. The van der Waals surface area contributed by atoms with Crippen molar-refractivity contribution < 1.29 is 64.6 Å². The first kappa shape index (κ1) is 76.2. The fourth-order valence-electron chi connectivity index (χ4n) is 9.63. The van der Waals surface area contributed by atoms with Crippen molar-refractivity contribution in [1.29, 1.82) is 0 Å². The van der Waals surface area contributed by atoms with Gasteiger partial charge >= 0.3 is 0 Å². The summed E-state index contributed by atoms with van der Waals surface area (Å²) in [6.45, 7) is 2.63. The van der Waals surface area contributed by atoms with Gasteiger partial charge in [0, 0.05) is 6.42 Å². The molecule has 0 spiro atoms. The van der Waals surface area contributed by atoms with Crippen LogP contribution in [0.25, 0.3) is 0 Å². The minimum atomic E-state index is -1.80. The Kier molecular flexibility index (Phi) is 48.4. The second-order valence-corrected chi connectivity index (χ2v) is 22.1. The first-order chi connectivity index (χ1) is 41.1. The number of amides is 1. The Hall–Kier alpha value is -3.87. The Morgan fingerprint density at radius 3 is 1.31 bits per heavy atom. The van der Waals surface area contributed by atoms with E-state index in [0.717, 1.165) is 103 Å². The molecule has 0 aromatic heterocycles. The van der Waals surface area contributed by atoms with Gasteiger partial charge in [-0.1, -0.05) is 225 Å². The van der Waals surface area contributed by atoms with Gasteiger partial charge in [-0.25, -0.2) is 0 Å². The minimum absolute atomic E-state index is 0.231. The Balaban J connectivity index is 1.77. The van der Waals surface area contributed by atoms with E-state index in [0.29, 0.717) is 12.8 Å². The number of aliphatic hydroxyl groups excluding tert-OH is 8. The number of rotatable bonds is 50. The Morgan fingerprint density at radius 1 is 0.440 bits per heavy atom. The topological polar surface area (TPSA) is 228 Å². The van der Waals surface area contributed by atoms with Crippen LogP contribution in [-0.2, 0) is 23.7 Å². The zero-order chi connectivity index (χ0) is 60.9. The molecule has 12 unspecified atom stereocenters. The van der Waals surface area contributed by atoms with Crippen LogP contribution in [0.5, 0.6) is 0 Å². The van der Waals surface area contributed by atoms with Crippen molar-refractivity contribution in [2.24, 2.45) is 0 Å². The van der Waals surface area contributed by atoms with Crippen LogP contribution in [-0.4, -0.2) is 140 Å². The van der Waals surface area contributed by atoms with Crippen LogP contribution < -0.4 is 5.32 Å². The molecule has 2 heterocycles. The number of unbranched alkanes of at least 4 members (excludes halogenated alkanes) is 17. The van der Waals surface area contributed by atoms with Gasteiger partial charge in [0.05, 0.1) is 32.0 Å². The normalized spacial score (nSPS) is 24.6. The largest absolute Gasteiger partial charge is 0.394 e. The lowest BCUT2D eigenvalue weighted by Gasteiger charge is -2.46. The molecule has 14 heteroatoms. The van der Waals surface area contributed by atoms with E-state index in [1.54, 1.807) is 6.08 Å². The van der Waals surface area contributed by atoms with Gasteiger partial charge in [-0.15, -0.1) is 0 Å². The number of allylic oxidation sites excluding steroid dienone is 21. The molecule has 478 valence electrons. The number of carbonyl (C=O) groups is 1. The number of nitrogens with one attached hydrogen (secondary N) is 1. The van der Waals surface area contributed by atoms with Crippen LogP contribution in [0.1, 0.15) is 206 Å². The summed E-state index contributed by atoms with van der Waals surface area (Å²) >= 11 is 0. The quantitative estimate of drug-likeness (QED) is 0.0204. The molecule has 0 bridgehead atoms. The van der Waals surface area contributed by atoms with E-state index in [9.17, 15) is 45.6 Å². The number of aliphatic hydroxyl groups is 8. The molecule has 0 aliphatic carbocycles. The van der Waals surface area contributed by atoms with Crippen LogP contribution in [0.3, 0.4) is 0 Å². The first-order valence-electron chi connectivity index (χ1n) is 32.4. The smallest absolute Gasteiger partial charge is 0.220 e. The number of carbonyl (C=O) groups excluding carboxylic acids is 1. The van der Waals surface area contributed by atoms with Gasteiger partial charge in [-0.2, -0.15) is 0 Å². The molecule has 9 N–H and O–H groups in total. The molecule has 0 saturated carbocycles. The maximum absolute atomic E-state index is 13.3. The third-order valence-corrected chi connectivity index (χ3v) is 14.8. The number of ether oxygens (including phenoxy) is 4. The molecular formula is C70H115NO13. The minimum Gasteiger partial charge on any atom is -0.394 e. The molecule has 84 heavy (non-hydrogen) atoms. The molecule has 12 atom stereocenters. The highest BCUT2D eigenvalue weighted by atomic mass is 16.7. The second kappa shape index (κ2) is 53.4. The third-order valence-electron chi connectivity index (χ3n) is 14.8. The van der Waals surface area contributed by atoms with Crippen LogP contribution >= 0.6 is 0 Å². The average molecular weight is 1180 g/mol. The van der Waals surface area contributed by atoms with Crippen LogP contribution in [0.4, 0.5) is 0 Å². The van der Waals surface area contributed by atoms with E-state index >= 15 is 0 Å². The van der Waals surface area contributed by atoms with Crippen molar-refractivity contribution in [3.05, 3.63) is 134 Å². The molecular weight excluding hydrogens is 1060 g/mol. The van der Waals surface area contributed by atoms with Gasteiger partial charge in [0.1, 0.15) is 48.8 Å². The summed E-state index contributed by atoms with van der Waals surface area (Å²) in [4.78, 5) is 13.3. The summed E-state index contributed by atoms with van der Waals surface area (Å²) in [6, 6.07) is -0.963. The monoisotopic (exact) mass is 1180 g/mol. The molecule has 1 amide bonds. The summed E-state index contributed by atoms with van der Waals surface area (Å²) in [7, 11) is 0.